The van der Waals surface area contributed by atoms with E-state index in [1.54, 1.807) is 0 Å². The number of benzene rings is 2. The fourth-order valence-electron chi connectivity index (χ4n) is 5.60. The smallest absolute Gasteiger partial charge is 0.386 e. The Morgan fingerprint density at radius 2 is 0.650 bits per heavy atom. The van der Waals surface area contributed by atoms with Crippen molar-refractivity contribution in [1.82, 2.24) is 0 Å². The van der Waals surface area contributed by atoms with Crippen LogP contribution in [0, 0.1) is 0 Å². The van der Waals surface area contributed by atoms with Crippen LogP contribution in [0.2, 0.25) is 39.3 Å². The summed E-state index contributed by atoms with van der Waals surface area (Å²) in [6.45, 7) is 31.8. The second-order valence-electron chi connectivity index (χ2n) is 14.3. The van der Waals surface area contributed by atoms with Crippen LogP contribution in [0.25, 0.3) is 0 Å². The lowest BCUT2D eigenvalue weighted by atomic mass is 9.93. The molecule has 0 heterocycles. The zero-order chi connectivity index (χ0) is 31.2. The number of rotatable bonds is 11. The van der Waals surface area contributed by atoms with Crippen molar-refractivity contribution < 1.29 is 0 Å². The predicted octanol–water partition coefficient (Wildman–Crippen LogP) is 12.1. The minimum Gasteiger partial charge on any atom is -0.400 e. The molecular weight excluding hydrogens is 642 g/mol. The number of hydrogen-bond donors (Lipinski definition) is 0. The summed E-state index contributed by atoms with van der Waals surface area (Å²) in [5, 5.41) is 0. The molecule has 0 aromatic heterocycles. The van der Waals surface area contributed by atoms with E-state index in [9.17, 15) is 0 Å². The maximum absolute atomic E-state index is 7.92. The largest absolute Gasteiger partial charge is 0.400 e. The maximum atomic E-state index is 7.92. The quantitative estimate of drug-likeness (QED) is 0.171. The molecule has 0 atom stereocenters. The molecule has 0 aliphatic heterocycles. The highest BCUT2D eigenvalue weighted by atomic mass is 35.8. The van der Waals surface area contributed by atoms with Gasteiger partial charge in [-0.25, -0.2) is 0 Å². The molecule has 0 aliphatic rings. The SMILES string of the molecule is CC(C)c1cccc(C(C)C)c1N([Si](C)(C)C)[Si](Cl)(Cl)[Si](Cl)(Cl)N(c1c(C(C)C)cccc1C(C)C)[Si](C)(C)C. The number of anilines is 2. The first kappa shape index (κ1) is 36.3. The van der Waals surface area contributed by atoms with Gasteiger partial charge in [0.05, 0.1) is 0 Å². The summed E-state index contributed by atoms with van der Waals surface area (Å²) in [6.07, 6.45) is -7.18. The Morgan fingerprint density at radius 3 is 0.800 bits per heavy atom. The Labute approximate surface area is 268 Å². The Balaban J connectivity index is 3.08. The van der Waals surface area contributed by atoms with E-state index in [0.717, 1.165) is 0 Å². The molecule has 0 fully saturated rings. The summed E-state index contributed by atoms with van der Waals surface area (Å²) < 4.78 is 4.83. The third-order valence-electron chi connectivity index (χ3n) is 7.40. The van der Waals surface area contributed by atoms with E-state index in [1.807, 2.05) is 0 Å². The van der Waals surface area contributed by atoms with Crippen molar-refractivity contribution in [1.29, 1.82) is 0 Å². The van der Waals surface area contributed by atoms with Crippen LogP contribution in [-0.4, -0.2) is 29.2 Å². The van der Waals surface area contributed by atoms with Gasteiger partial charge in [0.1, 0.15) is 16.5 Å². The van der Waals surface area contributed by atoms with Crippen LogP contribution in [0.1, 0.15) is 101 Å². The van der Waals surface area contributed by atoms with Gasteiger partial charge in [-0.3, -0.25) is 0 Å². The summed E-state index contributed by atoms with van der Waals surface area (Å²) in [5.41, 5.74) is 7.37. The first-order chi connectivity index (χ1) is 18.0. The lowest BCUT2D eigenvalue weighted by Crippen LogP contribution is -2.77. The molecule has 0 spiro atoms. The van der Waals surface area contributed by atoms with Crippen molar-refractivity contribution in [2.75, 3.05) is 8.46 Å². The topological polar surface area (TPSA) is 6.48 Å². The third kappa shape index (κ3) is 7.23. The van der Waals surface area contributed by atoms with Crippen LogP contribution < -0.4 is 8.46 Å². The fraction of sp³-hybridized carbons (Fsp3) is 0.600. The van der Waals surface area contributed by atoms with Gasteiger partial charge in [-0.05, 0) is 45.9 Å². The Hall–Kier alpha value is 0.0675. The lowest BCUT2D eigenvalue weighted by molar-refractivity contribution is 0.834. The van der Waals surface area contributed by atoms with Crippen LogP contribution in [-0.2, 0) is 0 Å². The molecule has 0 saturated carbocycles. The molecule has 2 aromatic carbocycles. The first-order valence-corrected chi connectivity index (χ1v) is 30.4. The zero-order valence-corrected chi connectivity index (χ0v) is 34.2. The van der Waals surface area contributed by atoms with Crippen LogP contribution >= 0.6 is 44.3 Å². The number of hydrogen-bond acceptors (Lipinski definition) is 2. The molecule has 0 unspecified atom stereocenters. The molecule has 2 nitrogen and oxygen atoms in total. The number of halogens is 4. The van der Waals surface area contributed by atoms with Crippen molar-refractivity contribution in [2.45, 2.75) is 118 Å². The molecular formula is C30H52Cl4N2Si4. The minimum atomic E-state index is -3.59. The van der Waals surface area contributed by atoms with Gasteiger partial charge in [-0.1, -0.05) is 131 Å². The molecule has 0 bridgehead atoms. The molecule has 2 rings (SSSR count). The zero-order valence-electron chi connectivity index (χ0n) is 27.2. The monoisotopic (exact) mass is 692 g/mol. The molecule has 0 saturated heterocycles. The van der Waals surface area contributed by atoms with E-state index in [2.05, 4.69) is 140 Å². The van der Waals surface area contributed by atoms with Crippen molar-refractivity contribution >= 4 is 84.9 Å². The van der Waals surface area contributed by atoms with E-state index in [0.29, 0.717) is 23.7 Å². The molecule has 10 heteroatoms. The Morgan fingerprint density at radius 1 is 0.450 bits per heavy atom. The van der Waals surface area contributed by atoms with Gasteiger partial charge < -0.3 is 8.46 Å². The van der Waals surface area contributed by atoms with Gasteiger partial charge in [0.15, 0.2) is 0 Å². The minimum absolute atomic E-state index is 0.301. The van der Waals surface area contributed by atoms with Crippen LogP contribution in [0.15, 0.2) is 36.4 Å². The van der Waals surface area contributed by atoms with Crippen molar-refractivity contribution in [3.8, 4) is 0 Å². The molecule has 0 aliphatic carbocycles. The van der Waals surface area contributed by atoms with E-state index in [1.165, 1.54) is 33.6 Å². The second-order valence-corrected chi connectivity index (χ2v) is 43.7. The van der Waals surface area contributed by atoms with E-state index >= 15 is 0 Å². The van der Waals surface area contributed by atoms with Gasteiger partial charge in [0.25, 0.3) is 0 Å². The molecule has 2 aromatic rings. The van der Waals surface area contributed by atoms with Crippen molar-refractivity contribution in [3.63, 3.8) is 0 Å². The normalized spacial score (nSPS) is 13.7. The van der Waals surface area contributed by atoms with Crippen LogP contribution in [0.3, 0.4) is 0 Å². The number of nitrogens with zero attached hydrogens (tertiary/aromatic N) is 2. The summed E-state index contributed by atoms with van der Waals surface area (Å²) in [6, 6.07) is 13.2. The van der Waals surface area contributed by atoms with Crippen LogP contribution in [0.4, 0.5) is 11.4 Å². The summed E-state index contributed by atoms with van der Waals surface area (Å²) in [7, 11) is -4.44. The lowest BCUT2D eigenvalue weighted by Gasteiger charge is -2.55. The highest BCUT2D eigenvalue weighted by Gasteiger charge is 2.67. The Kier molecular flexibility index (Phi) is 11.8. The van der Waals surface area contributed by atoms with E-state index in [4.69, 9.17) is 44.3 Å². The third-order valence-corrected chi connectivity index (χ3v) is 40.8. The van der Waals surface area contributed by atoms with Gasteiger partial charge in [0.2, 0.25) is 0 Å². The van der Waals surface area contributed by atoms with Crippen molar-refractivity contribution in [2.24, 2.45) is 0 Å². The Bertz CT molecular complexity index is 1030. The predicted molar refractivity (Wildman–Crippen MR) is 196 cm³/mol. The van der Waals surface area contributed by atoms with E-state index in [-0.39, 0.29) is 0 Å². The molecule has 0 amide bonds. The molecule has 226 valence electrons. The highest BCUT2D eigenvalue weighted by molar-refractivity contribution is 7.95. The second kappa shape index (κ2) is 13.0. The molecule has 40 heavy (non-hydrogen) atoms. The van der Waals surface area contributed by atoms with Gasteiger partial charge >= 0.3 is 12.7 Å². The average molecular weight is 695 g/mol. The van der Waals surface area contributed by atoms with Crippen molar-refractivity contribution in [3.05, 3.63) is 58.7 Å². The first-order valence-electron chi connectivity index (χ1n) is 14.6. The maximum Gasteiger partial charge on any atom is 0.386 e. The molecule has 0 radical (unpaired) electrons. The fourth-order valence-corrected chi connectivity index (χ4v) is 42.8. The van der Waals surface area contributed by atoms with Crippen LogP contribution in [0.5, 0.6) is 0 Å². The molecule has 0 N–H and O–H groups in total. The summed E-state index contributed by atoms with van der Waals surface area (Å²) >= 11 is 31.7. The summed E-state index contributed by atoms with van der Waals surface area (Å²) in [5.74, 6) is 1.20. The van der Waals surface area contributed by atoms with Gasteiger partial charge in [-0.2, -0.15) is 0 Å². The number of para-hydroxylation sites is 2. The highest BCUT2D eigenvalue weighted by Crippen LogP contribution is 2.52. The van der Waals surface area contributed by atoms with Gasteiger partial charge in [0, 0.05) is 11.4 Å². The van der Waals surface area contributed by atoms with E-state index < -0.39 is 29.2 Å². The van der Waals surface area contributed by atoms with Gasteiger partial charge in [-0.15, -0.1) is 44.3 Å². The average Bonchev–Trinajstić information content (AvgIpc) is 2.76. The summed E-state index contributed by atoms with van der Waals surface area (Å²) in [4.78, 5) is 0. The standard InChI is InChI=1S/C30H52Cl4N2Si4/c1-21(2)25-17-15-18-26(22(3)4)29(25)35(37(9,10)11)39(31,32)40(33,34)36(38(12,13)14)30-27(23(5)6)19-16-20-28(30)24(7)8/h15-24H,1-14H3.